The molecule has 0 radical (unpaired) electrons. The Morgan fingerprint density at radius 2 is 1.39 bits per heavy atom. The Balaban J connectivity index is 2.61. The molecule has 2 rings (SSSR count). The Morgan fingerprint density at radius 1 is 0.944 bits per heavy atom. The van der Waals surface area contributed by atoms with Gasteiger partial charge < -0.3 is 9.94 Å². The maximum Gasteiger partial charge on any atom is 0.156 e. The van der Waals surface area contributed by atoms with E-state index in [4.69, 9.17) is 9.94 Å². The first-order valence-electron chi connectivity index (χ1n) is 5.68. The van der Waals surface area contributed by atoms with Crippen LogP contribution in [0, 0.1) is 0 Å². The topological polar surface area (TPSA) is 41.8 Å². The summed E-state index contributed by atoms with van der Waals surface area (Å²) in [6, 6.07) is 19.4. The number of nitrogens with zero attached hydrogens (tertiary/aromatic N) is 1. The van der Waals surface area contributed by atoms with Crippen LogP contribution >= 0.6 is 0 Å². The smallest absolute Gasteiger partial charge is 0.156 e. The van der Waals surface area contributed by atoms with Gasteiger partial charge in [-0.15, -0.1) is 0 Å². The van der Waals surface area contributed by atoms with Gasteiger partial charge in [0.2, 0.25) is 0 Å². The Morgan fingerprint density at radius 3 is 1.72 bits per heavy atom. The molecule has 0 aliphatic rings. The lowest BCUT2D eigenvalue weighted by Gasteiger charge is -2.29. The summed E-state index contributed by atoms with van der Waals surface area (Å²) < 4.78 is 5.64. The summed E-state index contributed by atoms with van der Waals surface area (Å²) in [4.78, 5) is 0. The third-order valence-electron chi connectivity index (χ3n) is 2.97. The number of ether oxygens (including phenoxy) is 1. The largest absolute Gasteiger partial charge is 0.411 e. The lowest BCUT2D eigenvalue weighted by Crippen LogP contribution is -2.31. The van der Waals surface area contributed by atoms with E-state index >= 15 is 0 Å². The van der Waals surface area contributed by atoms with Gasteiger partial charge in [0, 0.05) is 7.11 Å². The molecule has 0 heterocycles. The normalized spacial score (nSPS) is 11.8. The highest BCUT2D eigenvalue weighted by Gasteiger charge is 2.32. The second-order valence-electron chi connectivity index (χ2n) is 3.92. The van der Waals surface area contributed by atoms with E-state index in [0.29, 0.717) is 0 Å². The average molecular weight is 241 g/mol. The summed E-state index contributed by atoms with van der Waals surface area (Å²) in [5.41, 5.74) is 0.963. The molecule has 0 atom stereocenters. The maximum absolute atomic E-state index is 8.95. The first kappa shape index (κ1) is 12.3. The molecule has 0 aliphatic heterocycles. The molecule has 92 valence electrons. The van der Waals surface area contributed by atoms with E-state index in [1.54, 1.807) is 7.11 Å². The van der Waals surface area contributed by atoms with Crippen molar-refractivity contribution in [3.63, 3.8) is 0 Å². The Labute approximate surface area is 106 Å². The predicted molar refractivity (Wildman–Crippen MR) is 71.0 cm³/mol. The van der Waals surface area contributed by atoms with Crippen molar-refractivity contribution in [2.75, 3.05) is 7.11 Å². The molecule has 2 aromatic carbocycles. The van der Waals surface area contributed by atoms with Crippen molar-refractivity contribution in [2.24, 2.45) is 5.16 Å². The molecule has 0 unspecified atom stereocenters. The molecule has 0 aromatic heterocycles. The number of hydrogen-bond donors (Lipinski definition) is 1. The highest BCUT2D eigenvalue weighted by atomic mass is 16.5. The Hall–Kier alpha value is -2.13. The molecule has 3 heteroatoms. The van der Waals surface area contributed by atoms with Gasteiger partial charge in [-0.3, -0.25) is 0 Å². The third-order valence-corrected chi connectivity index (χ3v) is 2.97. The zero-order chi connectivity index (χ0) is 12.8. The number of benzene rings is 2. The zero-order valence-electron chi connectivity index (χ0n) is 10.2. The van der Waals surface area contributed by atoms with Gasteiger partial charge in [-0.25, -0.2) is 0 Å². The van der Waals surface area contributed by atoms with E-state index in [9.17, 15) is 0 Å². The van der Waals surface area contributed by atoms with Crippen LogP contribution in [0.25, 0.3) is 0 Å². The highest BCUT2D eigenvalue weighted by molar-refractivity contribution is 5.76. The number of rotatable bonds is 4. The molecule has 18 heavy (non-hydrogen) atoms. The fourth-order valence-electron chi connectivity index (χ4n) is 2.06. The number of hydrogen-bond acceptors (Lipinski definition) is 3. The van der Waals surface area contributed by atoms with Gasteiger partial charge in [0.1, 0.15) is 0 Å². The molecule has 1 N–H and O–H groups in total. The molecule has 2 aromatic rings. The minimum absolute atomic E-state index is 0.864. The van der Waals surface area contributed by atoms with Crippen molar-refractivity contribution in [1.82, 2.24) is 0 Å². The highest BCUT2D eigenvalue weighted by Crippen LogP contribution is 2.31. The predicted octanol–water partition coefficient (Wildman–Crippen LogP) is 3.04. The minimum atomic E-state index is -0.864. The van der Waals surface area contributed by atoms with Gasteiger partial charge in [0.05, 0.1) is 6.21 Å². The molecule has 0 saturated carbocycles. The molecular weight excluding hydrogens is 226 g/mol. The van der Waals surface area contributed by atoms with Crippen LogP contribution in [0.5, 0.6) is 0 Å². The summed E-state index contributed by atoms with van der Waals surface area (Å²) >= 11 is 0. The summed E-state index contributed by atoms with van der Waals surface area (Å²) in [5.74, 6) is 0. The van der Waals surface area contributed by atoms with Crippen LogP contribution in [-0.4, -0.2) is 18.5 Å². The molecular formula is C15H15NO2. The molecule has 0 bridgehead atoms. The monoisotopic (exact) mass is 241 g/mol. The van der Waals surface area contributed by atoms with Gasteiger partial charge >= 0.3 is 0 Å². The maximum atomic E-state index is 8.95. The minimum Gasteiger partial charge on any atom is -0.411 e. The van der Waals surface area contributed by atoms with E-state index in [1.807, 2.05) is 60.7 Å². The lowest BCUT2D eigenvalue weighted by atomic mass is 9.87. The van der Waals surface area contributed by atoms with E-state index in [-0.39, 0.29) is 0 Å². The molecule has 0 saturated heterocycles. The van der Waals surface area contributed by atoms with Gasteiger partial charge in [-0.1, -0.05) is 65.8 Å². The molecule has 0 spiro atoms. The lowest BCUT2D eigenvalue weighted by molar-refractivity contribution is 0.0846. The average Bonchev–Trinajstić information content (AvgIpc) is 2.47. The van der Waals surface area contributed by atoms with Crippen LogP contribution in [0.2, 0.25) is 0 Å². The Bertz CT molecular complexity index is 469. The fraction of sp³-hybridized carbons (Fsp3) is 0.133. The quantitative estimate of drug-likeness (QED) is 0.508. The Kier molecular flexibility index (Phi) is 3.75. The van der Waals surface area contributed by atoms with Crippen LogP contribution in [0.1, 0.15) is 11.1 Å². The van der Waals surface area contributed by atoms with Crippen LogP contribution < -0.4 is 0 Å². The number of methoxy groups -OCH3 is 1. The first-order valence-corrected chi connectivity index (χ1v) is 5.68. The second-order valence-corrected chi connectivity index (χ2v) is 3.92. The van der Waals surface area contributed by atoms with Gasteiger partial charge in [0.25, 0.3) is 0 Å². The fourth-order valence-corrected chi connectivity index (χ4v) is 2.06. The summed E-state index contributed by atoms with van der Waals surface area (Å²) in [6.07, 6.45) is 1.40. The first-order chi connectivity index (χ1) is 8.83. The van der Waals surface area contributed by atoms with Crippen molar-refractivity contribution in [1.29, 1.82) is 0 Å². The van der Waals surface area contributed by atoms with E-state index in [2.05, 4.69) is 5.16 Å². The summed E-state index contributed by atoms with van der Waals surface area (Å²) in [5, 5.41) is 12.1. The molecule has 3 nitrogen and oxygen atoms in total. The van der Waals surface area contributed by atoms with Gasteiger partial charge in [0.15, 0.2) is 5.60 Å². The van der Waals surface area contributed by atoms with E-state index in [1.165, 1.54) is 6.21 Å². The van der Waals surface area contributed by atoms with Gasteiger partial charge in [-0.05, 0) is 11.1 Å². The molecule has 0 amide bonds. The van der Waals surface area contributed by atoms with Crippen molar-refractivity contribution in [2.45, 2.75) is 5.60 Å². The summed E-state index contributed by atoms with van der Waals surface area (Å²) in [6.45, 7) is 0. The van der Waals surface area contributed by atoms with Crippen LogP contribution in [-0.2, 0) is 10.3 Å². The van der Waals surface area contributed by atoms with Crippen LogP contribution in [0.3, 0.4) is 0 Å². The molecule has 0 fully saturated rings. The van der Waals surface area contributed by atoms with Gasteiger partial charge in [-0.2, -0.15) is 0 Å². The SMILES string of the molecule is COC(C=NO)(c1ccccc1)c1ccccc1. The third kappa shape index (κ3) is 2.13. The van der Waals surface area contributed by atoms with Crippen molar-refractivity contribution < 1.29 is 9.94 Å². The molecule has 0 aliphatic carbocycles. The zero-order valence-corrected chi connectivity index (χ0v) is 10.2. The van der Waals surface area contributed by atoms with Crippen molar-refractivity contribution >= 4 is 6.21 Å². The van der Waals surface area contributed by atoms with Crippen LogP contribution in [0.4, 0.5) is 0 Å². The second kappa shape index (κ2) is 5.47. The van der Waals surface area contributed by atoms with E-state index < -0.39 is 5.60 Å². The van der Waals surface area contributed by atoms with Crippen molar-refractivity contribution in [3.8, 4) is 0 Å². The number of oxime groups is 1. The standard InChI is InChI=1S/C15H15NO2/c1-18-15(12-16-17,13-8-4-2-5-9-13)14-10-6-3-7-11-14/h2-12,17H,1H3. The van der Waals surface area contributed by atoms with Crippen LogP contribution in [0.15, 0.2) is 65.8 Å². The summed E-state index contributed by atoms with van der Waals surface area (Å²) in [7, 11) is 1.60. The van der Waals surface area contributed by atoms with E-state index in [0.717, 1.165) is 11.1 Å². The van der Waals surface area contributed by atoms with Crippen molar-refractivity contribution in [3.05, 3.63) is 71.8 Å².